The van der Waals surface area contributed by atoms with Crippen molar-refractivity contribution in [3.63, 3.8) is 0 Å². The summed E-state index contributed by atoms with van der Waals surface area (Å²) in [6.07, 6.45) is 3.18. The summed E-state index contributed by atoms with van der Waals surface area (Å²) in [5, 5.41) is 2.72. The van der Waals surface area contributed by atoms with Gasteiger partial charge in [-0.25, -0.2) is 30.3 Å². The molecule has 0 fully saturated rings. The van der Waals surface area contributed by atoms with Gasteiger partial charge in [0.15, 0.2) is 11.5 Å². The molecule has 2 aromatic heterocycles. The third-order valence-electron chi connectivity index (χ3n) is 6.18. The highest BCUT2D eigenvalue weighted by atomic mass is 32.2. The van der Waals surface area contributed by atoms with Crippen LogP contribution in [0.5, 0.6) is 5.75 Å². The van der Waals surface area contributed by atoms with Gasteiger partial charge in [0.2, 0.25) is 25.8 Å². The number of nitrogens with one attached hydrogen (secondary N) is 1. The molecule has 3 heterocycles. The summed E-state index contributed by atoms with van der Waals surface area (Å²) in [7, 11) is -5.85. The second kappa shape index (κ2) is 10.9. The lowest BCUT2D eigenvalue weighted by molar-refractivity contribution is 0.203. The Morgan fingerprint density at radius 1 is 1.03 bits per heavy atom. The summed E-state index contributed by atoms with van der Waals surface area (Å²) in [6.45, 7) is 0.486. The Labute approximate surface area is 220 Å². The van der Waals surface area contributed by atoms with Crippen LogP contribution < -0.4 is 14.4 Å². The van der Waals surface area contributed by atoms with E-state index in [1.807, 2.05) is 0 Å². The SMILES string of the molecule is CNC(=O)Oc1c(-c2ccc(F)cc2)oc2nc3c(cc12)CCCCN(S(C)(=O)=O)CCCN3S(C)(=O)=O. The molecule has 1 N–H and O–H groups in total. The summed E-state index contributed by atoms with van der Waals surface area (Å²) in [4.78, 5) is 16.7. The van der Waals surface area contributed by atoms with Crippen LogP contribution in [0.15, 0.2) is 34.7 Å². The number of nitrogens with zero attached hydrogens (tertiary/aromatic N) is 3. The highest BCUT2D eigenvalue weighted by Crippen LogP contribution is 2.42. The molecule has 11 nitrogen and oxygen atoms in total. The van der Waals surface area contributed by atoms with E-state index >= 15 is 0 Å². The first-order valence-electron chi connectivity index (χ1n) is 11.9. The van der Waals surface area contributed by atoms with Crippen LogP contribution in [0.4, 0.5) is 15.0 Å². The van der Waals surface area contributed by atoms with Gasteiger partial charge in [0.1, 0.15) is 11.6 Å². The van der Waals surface area contributed by atoms with Gasteiger partial charge in [-0.15, -0.1) is 0 Å². The number of hydrogen-bond acceptors (Lipinski definition) is 8. The Balaban J connectivity index is 1.88. The van der Waals surface area contributed by atoms with Crippen molar-refractivity contribution < 1.29 is 35.2 Å². The number of aromatic nitrogens is 1. The highest BCUT2D eigenvalue weighted by molar-refractivity contribution is 7.92. The molecular formula is C24H29FN4O7S2. The summed E-state index contributed by atoms with van der Waals surface area (Å²) < 4.78 is 77.5. The number of carbonyl (C=O) groups excluding carboxylic acids is 1. The van der Waals surface area contributed by atoms with Crippen LogP contribution in [0.1, 0.15) is 24.8 Å². The number of furan rings is 1. The first kappa shape index (κ1) is 27.8. The molecule has 1 amide bonds. The Morgan fingerprint density at radius 3 is 2.34 bits per heavy atom. The van der Waals surface area contributed by atoms with E-state index in [1.165, 1.54) is 35.6 Å². The molecule has 0 saturated carbocycles. The van der Waals surface area contributed by atoms with Crippen molar-refractivity contribution in [1.82, 2.24) is 14.6 Å². The predicted octanol–water partition coefficient (Wildman–Crippen LogP) is 3.11. The van der Waals surface area contributed by atoms with E-state index in [-0.39, 0.29) is 42.6 Å². The van der Waals surface area contributed by atoms with Gasteiger partial charge in [-0.3, -0.25) is 4.31 Å². The Morgan fingerprint density at radius 2 is 1.71 bits per heavy atom. The fourth-order valence-corrected chi connectivity index (χ4v) is 6.19. The molecule has 0 spiro atoms. The summed E-state index contributed by atoms with van der Waals surface area (Å²) >= 11 is 0. The van der Waals surface area contributed by atoms with Gasteiger partial charge in [0.25, 0.3) is 0 Å². The average molecular weight is 569 g/mol. The lowest BCUT2D eigenvalue weighted by Crippen LogP contribution is -2.36. The zero-order valence-electron chi connectivity index (χ0n) is 21.2. The molecule has 38 heavy (non-hydrogen) atoms. The maximum absolute atomic E-state index is 13.6. The zero-order valence-corrected chi connectivity index (χ0v) is 22.9. The zero-order chi connectivity index (χ0) is 27.7. The number of amides is 1. The van der Waals surface area contributed by atoms with Gasteiger partial charge < -0.3 is 14.5 Å². The van der Waals surface area contributed by atoms with Gasteiger partial charge in [-0.1, -0.05) is 0 Å². The molecule has 1 aliphatic rings. The fraction of sp³-hybridized carbons (Fsp3) is 0.417. The number of hydrogen-bond donors (Lipinski definition) is 1. The van der Waals surface area contributed by atoms with E-state index in [0.717, 1.165) is 16.8 Å². The van der Waals surface area contributed by atoms with E-state index in [1.54, 1.807) is 6.07 Å². The van der Waals surface area contributed by atoms with Crippen LogP contribution in [-0.4, -0.2) is 71.4 Å². The fourth-order valence-electron chi connectivity index (χ4n) is 4.34. The summed E-state index contributed by atoms with van der Waals surface area (Å²) in [6, 6.07) is 7.08. The van der Waals surface area contributed by atoms with Crippen molar-refractivity contribution >= 4 is 43.1 Å². The highest BCUT2D eigenvalue weighted by Gasteiger charge is 2.28. The molecule has 0 bridgehead atoms. The van der Waals surface area contributed by atoms with E-state index in [0.29, 0.717) is 42.3 Å². The third-order valence-corrected chi connectivity index (χ3v) is 8.64. The monoisotopic (exact) mass is 568 g/mol. The van der Waals surface area contributed by atoms with Crippen molar-refractivity contribution in [1.29, 1.82) is 0 Å². The lowest BCUT2D eigenvalue weighted by atomic mass is 10.1. The van der Waals surface area contributed by atoms with E-state index < -0.39 is 32.0 Å². The second-order valence-electron chi connectivity index (χ2n) is 9.04. The molecule has 4 rings (SSSR count). The minimum absolute atomic E-state index is 0.00346. The number of rotatable bonds is 4. The topological polar surface area (TPSA) is 139 Å². The van der Waals surface area contributed by atoms with Gasteiger partial charge in [0.05, 0.1) is 17.9 Å². The first-order valence-corrected chi connectivity index (χ1v) is 15.6. The standard InChI is InChI=1S/C24H29FN4O7S2/c1-26-24(30)36-21-19-15-17-7-4-5-12-28(37(2,31)32)13-6-14-29(38(3,33)34)22(17)27-23(19)35-20(21)16-8-10-18(25)11-9-16/h8-11,15H,4-7,12-14H2,1-3H3,(H,26,30). The molecular weight excluding hydrogens is 539 g/mol. The van der Waals surface area contributed by atoms with Gasteiger partial charge in [-0.2, -0.15) is 4.98 Å². The number of ether oxygens (including phenoxy) is 1. The van der Waals surface area contributed by atoms with E-state index in [4.69, 9.17) is 9.15 Å². The lowest BCUT2D eigenvalue weighted by Gasteiger charge is -2.24. The van der Waals surface area contributed by atoms with Gasteiger partial charge in [0, 0.05) is 32.2 Å². The molecule has 206 valence electrons. The van der Waals surface area contributed by atoms with Crippen LogP contribution in [0, 0.1) is 5.82 Å². The number of sulfonamides is 2. The number of halogens is 1. The molecule has 0 saturated heterocycles. The van der Waals surface area contributed by atoms with Crippen molar-refractivity contribution in [3.8, 4) is 17.1 Å². The molecule has 3 aromatic rings. The number of fused-ring (bicyclic) bond motifs is 2. The Hall–Kier alpha value is -3.23. The quantitative estimate of drug-likeness (QED) is 0.507. The van der Waals surface area contributed by atoms with Crippen molar-refractivity contribution in [3.05, 3.63) is 41.7 Å². The minimum Gasteiger partial charge on any atom is -0.434 e. The number of anilines is 1. The number of pyridine rings is 1. The van der Waals surface area contributed by atoms with Crippen LogP contribution >= 0.6 is 0 Å². The molecule has 14 heteroatoms. The summed E-state index contributed by atoms with van der Waals surface area (Å²) in [5.74, 6) is -0.0977. The maximum Gasteiger partial charge on any atom is 0.412 e. The minimum atomic E-state index is -3.80. The number of carbonyl (C=O) groups is 1. The van der Waals surface area contributed by atoms with Crippen LogP contribution in [-0.2, 0) is 26.5 Å². The maximum atomic E-state index is 13.6. The van der Waals surface area contributed by atoms with Crippen molar-refractivity contribution in [2.75, 3.05) is 43.5 Å². The molecule has 0 unspecified atom stereocenters. The smallest absolute Gasteiger partial charge is 0.412 e. The molecule has 0 aliphatic carbocycles. The predicted molar refractivity (Wildman–Crippen MR) is 141 cm³/mol. The number of benzene rings is 1. The second-order valence-corrected chi connectivity index (χ2v) is 12.9. The van der Waals surface area contributed by atoms with Crippen molar-refractivity contribution in [2.24, 2.45) is 0 Å². The van der Waals surface area contributed by atoms with Crippen molar-refractivity contribution in [2.45, 2.75) is 25.7 Å². The van der Waals surface area contributed by atoms with E-state index in [9.17, 15) is 26.0 Å². The molecule has 1 aliphatic heterocycles. The normalized spacial score (nSPS) is 16.1. The third kappa shape index (κ3) is 6.08. The molecule has 1 aromatic carbocycles. The van der Waals surface area contributed by atoms with Crippen LogP contribution in [0.2, 0.25) is 0 Å². The van der Waals surface area contributed by atoms with E-state index in [2.05, 4.69) is 10.3 Å². The molecule has 0 radical (unpaired) electrons. The van der Waals surface area contributed by atoms with Crippen LogP contribution in [0.3, 0.4) is 0 Å². The van der Waals surface area contributed by atoms with Crippen LogP contribution in [0.25, 0.3) is 22.4 Å². The van der Waals surface area contributed by atoms with Gasteiger partial charge in [-0.05, 0) is 61.6 Å². The summed E-state index contributed by atoms with van der Waals surface area (Å²) in [5.41, 5.74) is 1.04. The molecule has 0 atom stereocenters. The number of aryl methyl sites for hydroxylation is 1. The largest absolute Gasteiger partial charge is 0.434 e. The average Bonchev–Trinajstić information content (AvgIpc) is 3.16. The Kier molecular flexibility index (Phi) is 7.95. The Bertz CT molecular complexity index is 1550. The first-order chi connectivity index (χ1) is 17.9. The van der Waals surface area contributed by atoms with Gasteiger partial charge >= 0.3 is 6.09 Å².